The monoisotopic (exact) mass is 336 g/mol. The SMILES string of the molecule is CCN(CC)CCSSCCN(CC)CC.Cl.Cl. The van der Waals surface area contributed by atoms with E-state index >= 15 is 0 Å². The van der Waals surface area contributed by atoms with Crippen molar-refractivity contribution in [3.05, 3.63) is 0 Å². The zero-order valence-corrected chi connectivity index (χ0v) is 15.5. The van der Waals surface area contributed by atoms with Crippen LogP contribution in [0.4, 0.5) is 0 Å². The lowest BCUT2D eigenvalue weighted by atomic mass is 10.5. The Morgan fingerprint density at radius 3 is 1.11 bits per heavy atom. The number of halogens is 2. The van der Waals surface area contributed by atoms with Gasteiger partial charge in [0.1, 0.15) is 0 Å². The molecule has 0 aromatic carbocycles. The summed E-state index contributed by atoms with van der Waals surface area (Å²) in [5.74, 6) is 2.51. The van der Waals surface area contributed by atoms with Crippen molar-refractivity contribution in [3.63, 3.8) is 0 Å². The van der Waals surface area contributed by atoms with Gasteiger partial charge in [0.15, 0.2) is 0 Å². The maximum absolute atomic E-state index is 2.48. The largest absolute Gasteiger partial charge is 0.303 e. The fourth-order valence-electron chi connectivity index (χ4n) is 1.53. The minimum absolute atomic E-state index is 0. The van der Waals surface area contributed by atoms with Gasteiger partial charge in [0, 0.05) is 24.6 Å². The van der Waals surface area contributed by atoms with Gasteiger partial charge in [-0.3, -0.25) is 0 Å². The van der Waals surface area contributed by atoms with Crippen LogP contribution in [-0.4, -0.2) is 60.6 Å². The van der Waals surface area contributed by atoms with E-state index in [1.807, 2.05) is 21.6 Å². The molecule has 0 N–H and O–H groups in total. The van der Waals surface area contributed by atoms with Crippen LogP contribution in [0.3, 0.4) is 0 Å². The van der Waals surface area contributed by atoms with Crippen molar-refractivity contribution in [2.24, 2.45) is 0 Å². The molecule has 0 radical (unpaired) electrons. The number of hydrogen-bond acceptors (Lipinski definition) is 4. The molecule has 114 valence electrons. The van der Waals surface area contributed by atoms with Crippen LogP contribution in [0.1, 0.15) is 27.7 Å². The second kappa shape index (κ2) is 18.2. The average molecular weight is 337 g/mol. The summed E-state index contributed by atoms with van der Waals surface area (Å²) in [6, 6.07) is 0. The van der Waals surface area contributed by atoms with Crippen molar-refractivity contribution in [1.82, 2.24) is 9.80 Å². The Hall–Kier alpha value is 1.20. The van der Waals surface area contributed by atoms with Gasteiger partial charge < -0.3 is 9.80 Å². The average Bonchev–Trinajstić information content (AvgIpc) is 2.33. The van der Waals surface area contributed by atoms with Crippen LogP contribution in [0.15, 0.2) is 0 Å². The molecule has 0 unspecified atom stereocenters. The van der Waals surface area contributed by atoms with E-state index in [-0.39, 0.29) is 24.8 Å². The summed E-state index contributed by atoms with van der Waals surface area (Å²) < 4.78 is 0. The van der Waals surface area contributed by atoms with Gasteiger partial charge in [0.2, 0.25) is 0 Å². The van der Waals surface area contributed by atoms with E-state index in [0.29, 0.717) is 0 Å². The van der Waals surface area contributed by atoms with Gasteiger partial charge in [-0.25, -0.2) is 0 Å². The molecule has 0 aliphatic rings. The first kappa shape index (κ1) is 24.2. The van der Waals surface area contributed by atoms with Crippen molar-refractivity contribution in [1.29, 1.82) is 0 Å². The summed E-state index contributed by atoms with van der Waals surface area (Å²) in [6.45, 7) is 16.1. The minimum Gasteiger partial charge on any atom is -0.303 e. The van der Waals surface area contributed by atoms with Crippen LogP contribution < -0.4 is 0 Å². The summed E-state index contributed by atoms with van der Waals surface area (Å²) in [7, 11) is 4.05. The van der Waals surface area contributed by atoms with E-state index in [0.717, 1.165) is 0 Å². The zero-order chi connectivity index (χ0) is 12.2. The zero-order valence-electron chi connectivity index (χ0n) is 12.2. The Labute approximate surface area is 134 Å². The molecule has 0 spiro atoms. The molecule has 18 heavy (non-hydrogen) atoms. The molecule has 0 bridgehead atoms. The van der Waals surface area contributed by atoms with Gasteiger partial charge >= 0.3 is 0 Å². The first-order valence-electron chi connectivity index (χ1n) is 6.47. The van der Waals surface area contributed by atoms with Gasteiger partial charge in [-0.1, -0.05) is 49.3 Å². The summed E-state index contributed by atoms with van der Waals surface area (Å²) in [5.41, 5.74) is 0. The van der Waals surface area contributed by atoms with Gasteiger partial charge in [0.25, 0.3) is 0 Å². The van der Waals surface area contributed by atoms with Gasteiger partial charge in [-0.2, -0.15) is 0 Å². The first-order chi connectivity index (χ1) is 7.78. The van der Waals surface area contributed by atoms with E-state index in [4.69, 9.17) is 0 Å². The number of hydrogen-bond donors (Lipinski definition) is 0. The highest BCUT2D eigenvalue weighted by molar-refractivity contribution is 8.76. The Bertz CT molecular complexity index is 130. The second-order valence-electron chi connectivity index (χ2n) is 3.70. The van der Waals surface area contributed by atoms with Crippen molar-refractivity contribution in [2.75, 3.05) is 50.8 Å². The third kappa shape index (κ3) is 13.6. The highest BCUT2D eigenvalue weighted by Crippen LogP contribution is 2.20. The molecule has 0 saturated carbocycles. The lowest BCUT2D eigenvalue weighted by molar-refractivity contribution is 0.323. The highest BCUT2D eigenvalue weighted by Gasteiger charge is 2.00. The lowest BCUT2D eigenvalue weighted by Gasteiger charge is -2.18. The molecule has 0 aliphatic heterocycles. The molecule has 0 fully saturated rings. The van der Waals surface area contributed by atoms with E-state index in [2.05, 4.69) is 37.5 Å². The normalized spacial score (nSPS) is 10.3. The predicted octanol–water partition coefficient (Wildman–Crippen LogP) is 3.90. The second-order valence-corrected chi connectivity index (χ2v) is 6.40. The Morgan fingerprint density at radius 1 is 0.611 bits per heavy atom. The maximum atomic E-state index is 2.48. The highest BCUT2D eigenvalue weighted by atomic mass is 35.5. The molecule has 0 aromatic rings. The van der Waals surface area contributed by atoms with E-state index < -0.39 is 0 Å². The topological polar surface area (TPSA) is 6.48 Å². The summed E-state index contributed by atoms with van der Waals surface area (Å²) in [6.07, 6.45) is 0. The van der Waals surface area contributed by atoms with Crippen molar-refractivity contribution >= 4 is 46.4 Å². The number of nitrogens with zero attached hydrogens (tertiary/aromatic N) is 2. The molecule has 0 amide bonds. The fraction of sp³-hybridized carbons (Fsp3) is 1.00. The third-order valence-electron chi connectivity index (χ3n) is 2.85. The van der Waals surface area contributed by atoms with Gasteiger partial charge in [-0.05, 0) is 26.2 Å². The van der Waals surface area contributed by atoms with Crippen molar-refractivity contribution in [2.45, 2.75) is 27.7 Å². The van der Waals surface area contributed by atoms with E-state index in [9.17, 15) is 0 Å². The van der Waals surface area contributed by atoms with Gasteiger partial charge in [-0.15, -0.1) is 24.8 Å². The first-order valence-corrected chi connectivity index (χ1v) is 8.96. The summed E-state index contributed by atoms with van der Waals surface area (Å²) in [4.78, 5) is 4.97. The predicted molar refractivity (Wildman–Crippen MR) is 95.0 cm³/mol. The Morgan fingerprint density at radius 2 is 0.889 bits per heavy atom. The van der Waals surface area contributed by atoms with Crippen LogP contribution in [0.2, 0.25) is 0 Å². The summed E-state index contributed by atoms with van der Waals surface area (Å²) in [5, 5.41) is 0. The molecule has 0 rings (SSSR count). The fourth-order valence-corrected chi connectivity index (χ4v) is 3.59. The lowest BCUT2D eigenvalue weighted by Crippen LogP contribution is -2.26. The molecule has 0 aromatic heterocycles. The van der Waals surface area contributed by atoms with Crippen molar-refractivity contribution < 1.29 is 0 Å². The van der Waals surface area contributed by atoms with E-state index in [1.165, 1.54) is 50.8 Å². The van der Waals surface area contributed by atoms with Crippen LogP contribution in [0, 0.1) is 0 Å². The summed E-state index contributed by atoms with van der Waals surface area (Å²) >= 11 is 0. The minimum atomic E-state index is 0. The molecule has 6 heteroatoms. The maximum Gasteiger partial charge on any atom is 0.0165 e. The molecule has 0 saturated heterocycles. The Kier molecular flexibility index (Phi) is 24.5. The molecule has 0 heterocycles. The van der Waals surface area contributed by atoms with Crippen LogP contribution in [-0.2, 0) is 0 Å². The molecular weight excluding hydrogens is 307 g/mol. The quantitative estimate of drug-likeness (QED) is 0.417. The molecular formula is C12H30Cl2N2S2. The standard InChI is InChI=1S/C12H28N2S2.2ClH/c1-5-13(6-2)9-11-15-16-12-10-14(7-3)8-4;;/h5-12H2,1-4H3;2*1H. The van der Waals surface area contributed by atoms with Crippen LogP contribution in [0.25, 0.3) is 0 Å². The van der Waals surface area contributed by atoms with Gasteiger partial charge in [0.05, 0.1) is 0 Å². The third-order valence-corrected chi connectivity index (χ3v) is 5.22. The van der Waals surface area contributed by atoms with Crippen LogP contribution >= 0.6 is 46.4 Å². The number of rotatable bonds is 11. The molecule has 2 nitrogen and oxygen atoms in total. The smallest absolute Gasteiger partial charge is 0.0165 e. The van der Waals surface area contributed by atoms with Crippen molar-refractivity contribution in [3.8, 4) is 0 Å². The molecule has 0 aliphatic carbocycles. The Balaban J connectivity index is -0.00000112. The van der Waals surface area contributed by atoms with E-state index in [1.54, 1.807) is 0 Å². The molecule has 0 atom stereocenters. The van der Waals surface area contributed by atoms with Crippen LogP contribution in [0.5, 0.6) is 0 Å².